The van der Waals surface area contributed by atoms with Gasteiger partial charge in [-0.25, -0.2) is 0 Å². The number of para-hydroxylation sites is 1. The Kier molecular flexibility index (Phi) is 7.69. The van der Waals surface area contributed by atoms with Gasteiger partial charge in [0.05, 0.1) is 6.54 Å². The maximum absolute atomic E-state index is 11.3. The van der Waals surface area contributed by atoms with Gasteiger partial charge in [-0.2, -0.15) is 0 Å². The van der Waals surface area contributed by atoms with E-state index in [9.17, 15) is 9.90 Å². The summed E-state index contributed by atoms with van der Waals surface area (Å²) in [5.41, 5.74) is 1.03. The molecular weight excluding hydrogens is 256 g/mol. The molecule has 0 radical (unpaired) electrons. The van der Waals surface area contributed by atoms with Crippen LogP contribution in [-0.2, 0) is 4.79 Å². The van der Waals surface area contributed by atoms with E-state index in [0.29, 0.717) is 13.1 Å². The van der Waals surface area contributed by atoms with E-state index >= 15 is 0 Å². The number of rotatable bonds is 9. The molecule has 0 bridgehead atoms. The maximum Gasteiger partial charge on any atom is 0.233 e. The summed E-state index contributed by atoms with van der Waals surface area (Å²) in [6.45, 7) is 5.37. The number of carbonyl (C=O) groups is 1. The Bertz CT molecular complexity index is 410. The minimum Gasteiger partial charge on any atom is -0.491 e. The molecule has 1 aromatic carbocycles. The number of nitrogens with one attached hydrogen (secondary N) is 2. The molecule has 1 atom stereocenters. The highest BCUT2D eigenvalue weighted by Gasteiger charge is 2.07. The van der Waals surface area contributed by atoms with Crippen molar-refractivity contribution in [1.29, 1.82) is 0 Å². The van der Waals surface area contributed by atoms with Gasteiger partial charge in [-0.1, -0.05) is 25.1 Å². The third kappa shape index (κ3) is 6.54. The summed E-state index contributed by atoms with van der Waals surface area (Å²) in [6.07, 6.45) is 0.270. The van der Waals surface area contributed by atoms with Crippen molar-refractivity contribution in [2.45, 2.75) is 26.4 Å². The van der Waals surface area contributed by atoms with E-state index in [1.54, 1.807) is 0 Å². The number of benzene rings is 1. The number of hydrogen-bond acceptors (Lipinski definition) is 4. The van der Waals surface area contributed by atoms with Crippen molar-refractivity contribution >= 4 is 5.91 Å². The Hall–Kier alpha value is -1.59. The van der Waals surface area contributed by atoms with E-state index in [2.05, 4.69) is 10.6 Å². The summed E-state index contributed by atoms with van der Waals surface area (Å²) in [7, 11) is 0. The number of ether oxygens (including phenoxy) is 1. The van der Waals surface area contributed by atoms with E-state index in [4.69, 9.17) is 4.74 Å². The largest absolute Gasteiger partial charge is 0.491 e. The number of aliphatic hydroxyl groups excluding tert-OH is 1. The molecule has 0 saturated heterocycles. The van der Waals surface area contributed by atoms with Crippen LogP contribution in [0.15, 0.2) is 24.3 Å². The first-order valence-corrected chi connectivity index (χ1v) is 6.97. The van der Waals surface area contributed by atoms with E-state index in [-0.39, 0.29) is 19.1 Å². The minimum absolute atomic E-state index is 0.0566. The lowest BCUT2D eigenvalue weighted by Gasteiger charge is -2.14. The Morgan fingerprint density at radius 2 is 2.15 bits per heavy atom. The van der Waals surface area contributed by atoms with Crippen molar-refractivity contribution in [1.82, 2.24) is 10.6 Å². The van der Waals surface area contributed by atoms with Crippen LogP contribution in [0.2, 0.25) is 0 Å². The number of aliphatic hydroxyl groups is 1. The van der Waals surface area contributed by atoms with Crippen molar-refractivity contribution in [2.24, 2.45) is 0 Å². The van der Waals surface area contributed by atoms with Crippen molar-refractivity contribution < 1.29 is 14.6 Å². The van der Waals surface area contributed by atoms with Crippen molar-refractivity contribution in [3.05, 3.63) is 29.8 Å². The molecule has 5 heteroatoms. The van der Waals surface area contributed by atoms with Gasteiger partial charge >= 0.3 is 0 Å². The lowest BCUT2D eigenvalue weighted by atomic mass is 10.2. The molecule has 0 spiro atoms. The molecule has 1 amide bonds. The number of carbonyl (C=O) groups excluding carboxylic acids is 1. The van der Waals surface area contributed by atoms with Gasteiger partial charge in [0.15, 0.2) is 0 Å². The molecule has 0 aliphatic rings. The van der Waals surface area contributed by atoms with Crippen LogP contribution in [0.4, 0.5) is 0 Å². The molecular formula is C15H24N2O3. The fourth-order valence-electron chi connectivity index (χ4n) is 1.64. The van der Waals surface area contributed by atoms with Crippen LogP contribution < -0.4 is 15.4 Å². The average molecular weight is 280 g/mol. The Labute approximate surface area is 120 Å². The second-order valence-electron chi connectivity index (χ2n) is 4.71. The Morgan fingerprint density at radius 1 is 1.40 bits per heavy atom. The van der Waals surface area contributed by atoms with Crippen LogP contribution in [0.25, 0.3) is 0 Å². The molecule has 3 N–H and O–H groups in total. The third-order valence-corrected chi connectivity index (χ3v) is 2.76. The normalized spacial score (nSPS) is 11.9. The predicted molar refractivity (Wildman–Crippen MR) is 78.9 cm³/mol. The van der Waals surface area contributed by atoms with Gasteiger partial charge in [0.1, 0.15) is 18.5 Å². The lowest BCUT2D eigenvalue weighted by Crippen LogP contribution is -2.39. The molecule has 5 nitrogen and oxygen atoms in total. The molecule has 1 unspecified atom stereocenters. The molecule has 1 rings (SSSR count). The van der Waals surface area contributed by atoms with Crippen LogP contribution in [0, 0.1) is 6.92 Å². The summed E-state index contributed by atoms with van der Waals surface area (Å²) < 4.78 is 5.53. The molecule has 1 aromatic rings. The van der Waals surface area contributed by atoms with Crippen molar-refractivity contribution in [3.8, 4) is 5.75 Å². The first-order valence-electron chi connectivity index (χ1n) is 6.97. The maximum atomic E-state index is 11.3. The van der Waals surface area contributed by atoms with Crippen molar-refractivity contribution in [2.75, 3.05) is 26.2 Å². The summed E-state index contributed by atoms with van der Waals surface area (Å²) >= 11 is 0. The average Bonchev–Trinajstić information content (AvgIpc) is 2.44. The third-order valence-electron chi connectivity index (χ3n) is 2.76. The quantitative estimate of drug-likeness (QED) is 0.627. The predicted octanol–water partition coefficient (Wildman–Crippen LogP) is 0.851. The zero-order chi connectivity index (χ0) is 14.8. The summed E-state index contributed by atoms with van der Waals surface area (Å²) in [4.78, 5) is 11.3. The van der Waals surface area contributed by atoms with E-state index in [1.165, 1.54) is 0 Å². The van der Waals surface area contributed by atoms with Gasteiger partial charge in [0, 0.05) is 13.1 Å². The molecule has 0 heterocycles. The molecule has 112 valence electrons. The Balaban J connectivity index is 2.16. The zero-order valence-electron chi connectivity index (χ0n) is 12.2. The van der Waals surface area contributed by atoms with Gasteiger partial charge in [0.25, 0.3) is 0 Å². The molecule has 0 fully saturated rings. The minimum atomic E-state index is -0.645. The smallest absolute Gasteiger partial charge is 0.233 e. The Morgan fingerprint density at radius 3 is 2.85 bits per heavy atom. The highest BCUT2D eigenvalue weighted by atomic mass is 16.5. The van der Waals surface area contributed by atoms with E-state index in [1.807, 2.05) is 38.1 Å². The van der Waals surface area contributed by atoms with Gasteiger partial charge < -0.3 is 20.5 Å². The molecule has 20 heavy (non-hydrogen) atoms. The fraction of sp³-hybridized carbons (Fsp3) is 0.533. The number of aryl methyl sites for hydroxylation is 1. The van der Waals surface area contributed by atoms with Gasteiger partial charge in [-0.3, -0.25) is 4.79 Å². The van der Waals surface area contributed by atoms with Crippen molar-refractivity contribution in [3.63, 3.8) is 0 Å². The first kappa shape index (κ1) is 16.5. The highest BCUT2D eigenvalue weighted by molar-refractivity contribution is 5.77. The summed E-state index contributed by atoms with van der Waals surface area (Å²) in [6, 6.07) is 7.66. The molecule has 0 aliphatic carbocycles. The first-order chi connectivity index (χ1) is 9.63. The molecule has 0 saturated carbocycles. The van der Waals surface area contributed by atoms with E-state index in [0.717, 1.165) is 17.7 Å². The van der Waals surface area contributed by atoms with Crippen LogP contribution in [0.5, 0.6) is 5.75 Å². The zero-order valence-corrected chi connectivity index (χ0v) is 12.2. The molecule has 0 aromatic heterocycles. The topological polar surface area (TPSA) is 70.6 Å². The monoisotopic (exact) mass is 280 g/mol. The highest BCUT2D eigenvalue weighted by Crippen LogP contribution is 2.16. The van der Waals surface area contributed by atoms with Gasteiger partial charge in [-0.15, -0.1) is 0 Å². The summed E-state index contributed by atoms with van der Waals surface area (Å²) in [5, 5.41) is 15.4. The lowest BCUT2D eigenvalue weighted by molar-refractivity contribution is -0.120. The van der Waals surface area contributed by atoms with Gasteiger partial charge in [-0.05, 0) is 25.0 Å². The van der Waals surface area contributed by atoms with E-state index < -0.39 is 6.10 Å². The van der Waals surface area contributed by atoms with Gasteiger partial charge in [0.2, 0.25) is 5.91 Å². The van der Waals surface area contributed by atoms with Crippen LogP contribution in [-0.4, -0.2) is 43.4 Å². The SMILES string of the molecule is CCCNC(=O)CNCC(O)COc1ccccc1C. The number of hydrogen-bond donors (Lipinski definition) is 3. The summed E-state index contributed by atoms with van der Waals surface area (Å²) in [5.74, 6) is 0.714. The standard InChI is InChI=1S/C15H24N2O3/c1-3-8-17-15(19)10-16-9-13(18)11-20-14-7-5-4-6-12(14)2/h4-7,13,16,18H,3,8-11H2,1-2H3,(H,17,19). The van der Waals surface area contributed by atoms with Crippen LogP contribution >= 0.6 is 0 Å². The fourth-order valence-corrected chi connectivity index (χ4v) is 1.64. The van der Waals surface area contributed by atoms with Crippen LogP contribution in [0.3, 0.4) is 0 Å². The second kappa shape index (κ2) is 9.34. The number of amides is 1. The molecule has 0 aliphatic heterocycles. The van der Waals surface area contributed by atoms with Crippen LogP contribution in [0.1, 0.15) is 18.9 Å². The second-order valence-corrected chi connectivity index (χ2v) is 4.71.